The number of methoxy groups -OCH3 is 2. The number of nitrogens with zero attached hydrogens (tertiary/aromatic N) is 3. The average molecular weight is 301 g/mol. The van der Waals surface area contributed by atoms with Crippen LogP contribution in [0.1, 0.15) is 0 Å². The van der Waals surface area contributed by atoms with Gasteiger partial charge < -0.3 is 9.47 Å². The molecule has 1 aromatic carbocycles. The van der Waals surface area contributed by atoms with Gasteiger partial charge in [-0.25, -0.2) is 9.37 Å². The number of fused-ring (bicyclic) bond motifs is 1. The Morgan fingerprint density at radius 2 is 2.00 bits per heavy atom. The van der Waals surface area contributed by atoms with Crippen LogP contribution in [-0.4, -0.2) is 23.6 Å². The number of benzene rings is 1. The highest BCUT2D eigenvalue weighted by molar-refractivity contribution is 5.79. The summed E-state index contributed by atoms with van der Waals surface area (Å²) in [5.74, 6) is 0.616. The molecule has 0 radical (unpaired) electrons. The van der Waals surface area contributed by atoms with Gasteiger partial charge in [-0.15, -0.1) is 4.91 Å². The van der Waals surface area contributed by atoms with Crippen molar-refractivity contribution in [2.75, 3.05) is 14.2 Å². The van der Waals surface area contributed by atoms with Crippen LogP contribution in [-0.2, 0) is 0 Å². The zero-order chi connectivity index (χ0) is 15.7. The van der Waals surface area contributed by atoms with E-state index in [1.54, 1.807) is 25.3 Å². The van der Waals surface area contributed by atoms with Crippen molar-refractivity contribution in [1.82, 2.24) is 9.38 Å². The van der Waals surface area contributed by atoms with E-state index < -0.39 is 5.82 Å². The molecule has 3 rings (SSSR count). The summed E-state index contributed by atoms with van der Waals surface area (Å²) in [6.07, 6.45) is 1.17. The van der Waals surface area contributed by atoms with Gasteiger partial charge in [0.05, 0.1) is 14.2 Å². The normalized spacial score (nSPS) is 10.7. The first-order valence-corrected chi connectivity index (χ1v) is 6.41. The zero-order valence-corrected chi connectivity index (χ0v) is 11.9. The number of imidazole rings is 1. The fourth-order valence-corrected chi connectivity index (χ4v) is 2.27. The summed E-state index contributed by atoms with van der Waals surface area (Å²) >= 11 is 0. The lowest BCUT2D eigenvalue weighted by Gasteiger charge is -2.08. The van der Waals surface area contributed by atoms with E-state index in [4.69, 9.17) is 9.47 Å². The molecule has 0 fully saturated rings. The van der Waals surface area contributed by atoms with Gasteiger partial charge >= 0.3 is 0 Å². The molecule has 0 aliphatic heterocycles. The largest absolute Gasteiger partial charge is 0.497 e. The topological polar surface area (TPSA) is 65.2 Å². The second-order valence-corrected chi connectivity index (χ2v) is 4.52. The Balaban J connectivity index is 2.28. The number of rotatable bonds is 4. The van der Waals surface area contributed by atoms with Gasteiger partial charge in [0.2, 0.25) is 5.82 Å². The van der Waals surface area contributed by atoms with Crippen molar-refractivity contribution >= 4 is 11.5 Å². The van der Waals surface area contributed by atoms with Crippen LogP contribution >= 0.6 is 0 Å². The number of halogens is 1. The van der Waals surface area contributed by atoms with Gasteiger partial charge in [-0.1, -0.05) is 0 Å². The third kappa shape index (κ3) is 2.16. The zero-order valence-electron chi connectivity index (χ0n) is 11.9. The number of hydrogen-bond donors (Lipinski definition) is 0. The van der Waals surface area contributed by atoms with Crippen LogP contribution in [0.25, 0.3) is 16.9 Å². The molecular weight excluding hydrogens is 289 g/mol. The van der Waals surface area contributed by atoms with Gasteiger partial charge in [-0.3, -0.25) is 4.40 Å². The van der Waals surface area contributed by atoms with Crippen molar-refractivity contribution in [2.24, 2.45) is 5.18 Å². The summed E-state index contributed by atoms with van der Waals surface area (Å²) in [4.78, 5) is 15.6. The summed E-state index contributed by atoms with van der Waals surface area (Å²) in [5.41, 5.74) is 1.31. The third-order valence-electron chi connectivity index (χ3n) is 3.31. The van der Waals surface area contributed by atoms with Crippen LogP contribution < -0.4 is 9.47 Å². The molecule has 2 aromatic heterocycles. The third-order valence-corrected chi connectivity index (χ3v) is 3.31. The molecule has 0 N–H and O–H groups in total. The quantitative estimate of drug-likeness (QED) is 0.691. The molecule has 7 heteroatoms. The maximum atomic E-state index is 13.4. The molecule has 0 unspecified atom stereocenters. The minimum Gasteiger partial charge on any atom is -0.497 e. The Labute approximate surface area is 125 Å². The smallest absolute Gasteiger partial charge is 0.209 e. The van der Waals surface area contributed by atoms with E-state index in [-0.39, 0.29) is 5.82 Å². The Morgan fingerprint density at radius 1 is 1.18 bits per heavy atom. The van der Waals surface area contributed by atoms with Crippen LogP contribution in [0.5, 0.6) is 11.5 Å². The Morgan fingerprint density at radius 3 is 2.68 bits per heavy atom. The molecule has 0 atom stereocenters. The molecular formula is C15H12FN3O3. The van der Waals surface area contributed by atoms with E-state index in [1.165, 1.54) is 29.8 Å². The summed E-state index contributed by atoms with van der Waals surface area (Å²) in [5, 5.41) is 2.99. The lowest BCUT2D eigenvalue weighted by atomic mass is 10.1. The highest BCUT2D eigenvalue weighted by atomic mass is 19.1. The first-order valence-electron chi connectivity index (χ1n) is 6.41. The minimum atomic E-state index is -0.483. The highest BCUT2D eigenvalue weighted by Crippen LogP contribution is 2.38. The second-order valence-electron chi connectivity index (χ2n) is 4.52. The van der Waals surface area contributed by atoms with Crippen LogP contribution in [0.2, 0.25) is 0 Å². The van der Waals surface area contributed by atoms with Gasteiger partial charge in [0.1, 0.15) is 28.7 Å². The molecule has 0 aliphatic rings. The van der Waals surface area contributed by atoms with Crippen molar-refractivity contribution in [2.45, 2.75) is 0 Å². The Hall–Kier alpha value is -2.96. The van der Waals surface area contributed by atoms with E-state index in [0.29, 0.717) is 28.4 Å². The molecule has 0 saturated carbocycles. The molecule has 6 nitrogen and oxygen atoms in total. The monoisotopic (exact) mass is 301 g/mol. The molecule has 0 aliphatic carbocycles. The lowest BCUT2D eigenvalue weighted by Crippen LogP contribution is -1.91. The first-order chi connectivity index (χ1) is 10.7. The van der Waals surface area contributed by atoms with Gasteiger partial charge in [-0.05, 0) is 29.4 Å². The van der Waals surface area contributed by atoms with Gasteiger partial charge in [0, 0.05) is 17.8 Å². The molecule has 0 saturated heterocycles. The molecule has 0 spiro atoms. The molecule has 2 heterocycles. The van der Waals surface area contributed by atoms with Crippen LogP contribution in [0.3, 0.4) is 0 Å². The molecule has 3 aromatic rings. The summed E-state index contributed by atoms with van der Waals surface area (Å²) in [6.45, 7) is 0. The molecule has 22 heavy (non-hydrogen) atoms. The molecule has 112 valence electrons. The van der Waals surface area contributed by atoms with E-state index in [9.17, 15) is 9.30 Å². The predicted octanol–water partition coefficient (Wildman–Crippen LogP) is 3.56. The summed E-state index contributed by atoms with van der Waals surface area (Å²) in [6, 6.07) is 7.85. The van der Waals surface area contributed by atoms with Crippen molar-refractivity contribution in [3.63, 3.8) is 0 Å². The fourth-order valence-electron chi connectivity index (χ4n) is 2.27. The van der Waals surface area contributed by atoms with Crippen molar-refractivity contribution in [3.05, 3.63) is 47.3 Å². The number of pyridine rings is 1. The summed E-state index contributed by atoms with van der Waals surface area (Å²) in [7, 11) is 3.04. The Bertz CT molecular complexity index is 861. The van der Waals surface area contributed by atoms with Crippen LogP contribution in [0.4, 0.5) is 10.2 Å². The number of aromatic nitrogens is 2. The number of nitroso groups, excluding NO2 is 1. The standard InChI is InChI=1S/C15H12FN3O3/c1-21-10-4-5-11(12(7-10)22-2)14-15(18-20)19-8-9(16)3-6-13(19)17-14/h3-8H,1-2H3. The number of ether oxygens (including phenoxy) is 2. The lowest BCUT2D eigenvalue weighted by molar-refractivity contribution is 0.395. The molecule has 0 amide bonds. The van der Waals surface area contributed by atoms with Gasteiger partial charge in [0.15, 0.2) is 0 Å². The second kappa shape index (κ2) is 5.44. The predicted molar refractivity (Wildman–Crippen MR) is 79.1 cm³/mol. The Kier molecular flexibility index (Phi) is 3.46. The first kappa shape index (κ1) is 14.0. The van der Waals surface area contributed by atoms with Crippen molar-refractivity contribution < 1.29 is 13.9 Å². The number of hydrogen-bond acceptors (Lipinski definition) is 5. The fraction of sp³-hybridized carbons (Fsp3) is 0.133. The maximum Gasteiger partial charge on any atom is 0.209 e. The van der Waals surface area contributed by atoms with E-state index in [2.05, 4.69) is 10.2 Å². The summed E-state index contributed by atoms with van der Waals surface area (Å²) < 4.78 is 25.1. The van der Waals surface area contributed by atoms with Crippen molar-refractivity contribution in [1.29, 1.82) is 0 Å². The SMILES string of the molecule is COc1ccc(-c2nc3ccc(F)cn3c2N=O)c(OC)c1. The van der Waals surface area contributed by atoms with E-state index >= 15 is 0 Å². The van der Waals surface area contributed by atoms with Crippen LogP contribution in [0, 0.1) is 10.7 Å². The van der Waals surface area contributed by atoms with Crippen LogP contribution in [0.15, 0.2) is 41.7 Å². The van der Waals surface area contributed by atoms with Crippen molar-refractivity contribution in [3.8, 4) is 22.8 Å². The van der Waals surface area contributed by atoms with Gasteiger partial charge in [0.25, 0.3) is 0 Å². The maximum absolute atomic E-state index is 13.4. The molecule has 0 bridgehead atoms. The highest BCUT2D eigenvalue weighted by Gasteiger charge is 2.19. The minimum absolute atomic E-state index is 0.0120. The average Bonchev–Trinajstić information content (AvgIpc) is 2.91. The van der Waals surface area contributed by atoms with Gasteiger partial charge in [-0.2, -0.15) is 0 Å². The van der Waals surface area contributed by atoms with E-state index in [1.807, 2.05) is 0 Å². The van der Waals surface area contributed by atoms with E-state index in [0.717, 1.165) is 0 Å².